The average molecular weight is 423 g/mol. The Labute approximate surface area is 168 Å². The van der Waals surface area contributed by atoms with Crippen molar-refractivity contribution in [2.75, 3.05) is 13.1 Å². The zero-order valence-electron chi connectivity index (χ0n) is 14.8. The molecule has 1 aromatic heterocycles. The number of amides is 2. The molecule has 0 spiro atoms. The van der Waals surface area contributed by atoms with Gasteiger partial charge in [0.15, 0.2) is 0 Å². The number of alkyl halides is 2. The van der Waals surface area contributed by atoms with Crippen LogP contribution in [0.15, 0.2) is 36.7 Å². The van der Waals surface area contributed by atoms with Crippen molar-refractivity contribution in [3.05, 3.63) is 53.1 Å². The number of carbonyl (C=O) groups excluding carboxylic acids is 2. The van der Waals surface area contributed by atoms with Crippen molar-refractivity contribution < 1.29 is 22.8 Å². The molecule has 2 amide bonds. The zero-order chi connectivity index (χ0) is 21.2. The summed E-state index contributed by atoms with van der Waals surface area (Å²) in [5.41, 5.74) is 0.225. The van der Waals surface area contributed by atoms with Gasteiger partial charge in [-0.3, -0.25) is 14.6 Å². The summed E-state index contributed by atoms with van der Waals surface area (Å²) < 4.78 is 41.2. The fourth-order valence-electron chi connectivity index (χ4n) is 3.06. The number of benzene rings is 1. The van der Waals surface area contributed by atoms with Crippen LogP contribution in [0.25, 0.3) is 11.1 Å². The van der Waals surface area contributed by atoms with E-state index in [1.807, 2.05) is 0 Å². The third-order valence-electron chi connectivity index (χ3n) is 4.42. The highest BCUT2D eigenvalue weighted by Gasteiger charge is 2.47. The van der Waals surface area contributed by atoms with Crippen molar-refractivity contribution in [3.63, 3.8) is 0 Å². The molecule has 0 aliphatic carbocycles. The van der Waals surface area contributed by atoms with Gasteiger partial charge in [0.1, 0.15) is 11.9 Å². The lowest BCUT2D eigenvalue weighted by Crippen LogP contribution is -2.43. The van der Waals surface area contributed by atoms with Gasteiger partial charge >= 0.3 is 0 Å². The number of likely N-dealkylation sites (tertiary alicyclic amines) is 1. The van der Waals surface area contributed by atoms with Gasteiger partial charge in [0.25, 0.3) is 11.8 Å². The Morgan fingerprint density at radius 1 is 1.34 bits per heavy atom. The van der Waals surface area contributed by atoms with Crippen LogP contribution in [-0.4, -0.2) is 46.8 Å². The van der Waals surface area contributed by atoms with Gasteiger partial charge in [-0.05, 0) is 24.3 Å². The number of halogens is 4. The van der Waals surface area contributed by atoms with Crippen molar-refractivity contribution in [2.45, 2.75) is 18.4 Å². The minimum absolute atomic E-state index is 0.0255. The van der Waals surface area contributed by atoms with E-state index < -0.39 is 49.1 Å². The van der Waals surface area contributed by atoms with E-state index in [1.54, 1.807) is 6.07 Å². The summed E-state index contributed by atoms with van der Waals surface area (Å²) in [7, 11) is 0. The monoisotopic (exact) mass is 422 g/mol. The van der Waals surface area contributed by atoms with Gasteiger partial charge in [0, 0.05) is 35.0 Å². The fourth-order valence-corrected chi connectivity index (χ4v) is 3.23. The van der Waals surface area contributed by atoms with E-state index in [2.05, 4.69) is 10.3 Å². The van der Waals surface area contributed by atoms with Gasteiger partial charge in [-0.15, -0.1) is 0 Å². The molecule has 1 aliphatic heterocycles. The first kappa shape index (κ1) is 20.6. The number of pyridine rings is 1. The minimum atomic E-state index is -3.15. The van der Waals surface area contributed by atoms with Crippen LogP contribution >= 0.6 is 11.6 Å². The summed E-state index contributed by atoms with van der Waals surface area (Å²) in [6.45, 7) is -1.47. The Balaban J connectivity index is 1.77. The maximum atomic E-state index is 14.2. The van der Waals surface area contributed by atoms with Gasteiger partial charge < -0.3 is 10.2 Å². The third kappa shape index (κ3) is 4.49. The molecule has 2 aromatic rings. The standard InChI is InChI=1S/C19H14ClF3N4O2/c20-11-1-2-16(21)14(5-11)15-8-25-4-3-13(15)18(29)26-9-17(28)27-10-19(22,23)6-12(27)7-24/h1-5,8,12H,6,9-10H2,(H,26,29). The number of hydrogen-bond donors (Lipinski definition) is 1. The molecule has 10 heteroatoms. The lowest BCUT2D eigenvalue weighted by Gasteiger charge is -2.19. The van der Waals surface area contributed by atoms with Crippen LogP contribution in [0.3, 0.4) is 0 Å². The highest BCUT2D eigenvalue weighted by Crippen LogP contribution is 2.32. The van der Waals surface area contributed by atoms with Gasteiger partial charge in [0.05, 0.1) is 24.7 Å². The highest BCUT2D eigenvalue weighted by molar-refractivity contribution is 6.30. The number of hydrogen-bond acceptors (Lipinski definition) is 4. The lowest BCUT2D eigenvalue weighted by molar-refractivity contribution is -0.131. The first-order valence-electron chi connectivity index (χ1n) is 8.46. The number of carbonyl (C=O) groups is 2. The van der Waals surface area contributed by atoms with Crippen LogP contribution in [0.2, 0.25) is 5.02 Å². The minimum Gasteiger partial charge on any atom is -0.343 e. The van der Waals surface area contributed by atoms with E-state index in [0.29, 0.717) is 0 Å². The maximum absolute atomic E-state index is 14.2. The molecule has 0 radical (unpaired) electrons. The average Bonchev–Trinajstić information content (AvgIpc) is 3.02. The molecule has 150 valence electrons. The molecule has 1 fully saturated rings. The second-order valence-electron chi connectivity index (χ2n) is 6.45. The molecule has 1 aliphatic rings. The van der Waals surface area contributed by atoms with Gasteiger partial charge in [-0.1, -0.05) is 11.6 Å². The largest absolute Gasteiger partial charge is 0.343 e. The van der Waals surface area contributed by atoms with Crippen molar-refractivity contribution >= 4 is 23.4 Å². The molecule has 0 bridgehead atoms. The molecule has 2 heterocycles. The van der Waals surface area contributed by atoms with Crippen LogP contribution in [0.1, 0.15) is 16.8 Å². The Morgan fingerprint density at radius 2 is 2.10 bits per heavy atom. The van der Waals surface area contributed by atoms with E-state index in [1.165, 1.54) is 30.6 Å². The summed E-state index contributed by atoms with van der Waals surface area (Å²) >= 11 is 5.90. The van der Waals surface area contributed by atoms with Crippen LogP contribution in [-0.2, 0) is 4.79 Å². The normalized spacial score (nSPS) is 17.6. The van der Waals surface area contributed by atoms with Crippen molar-refractivity contribution in [1.82, 2.24) is 15.2 Å². The number of nitriles is 1. The van der Waals surface area contributed by atoms with Crippen LogP contribution in [0.5, 0.6) is 0 Å². The second-order valence-corrected chi connectivity index (χ2v) is 6.89. The van der Waals surface area contributed by atoms with E-state index in [4.69, 9.17) is 16.9 Å². The number of nitrogens with one attached hydrogen (secondary N) is 1. The summed E-state index contributed by atoms with van der Waals surface area (Å²) in [6.07, 6.45) is 1.85. The summed E-state index contributed by atoms with van der Waals surface area (Å²) in [4.78, 5) is 29.4. The SMILES string of the molecule is N#CC1CC(F)(F)CN1C(=O)CNC(=O)c1ccncc1-c1cc(Cl)ccc1F. The first-order valence-corrected chi connectivity index (χ1v) is 8.84. The third-order valence-corrected chi connectivity index (χ3v) is 4.66. The van der Waals surface area contributed by atoms with E-state index in [0.717, 1.165) is 11.0 Å². The van der Waals surface area contributed by atoms with Gasteiger partial charge in [-0.25, -0.2) is 13.2 Å². The smallest absolute Gasteiger partial charge is 0.268 e. The Morgan fingerprint density at radius 3 is 2.83 bits per heavy atom. The van der Waals surface area contributed by atoms with Crippen LogP contribution in [0, 0.1) is 17.1 Å². The Hall–Kier alpha value is -3.12. The first-order chi connectivity index (χ1) is 13.7. The fraction of sp³-hybridized carbons (Fsp3) is 0.263. The second kappa shape index (κ2) is 8.09. The predicted molar refractivity (Wildman–Crippen MR) is 97.7 cm³/mol. The summed E-state index contributed by atoms with van der Waals surface area (Å²) in [5.74, 6) is -5.31. The van der Waals surface area contributed by atoms with E-state index in [9.17, 15) is 22.8 Å². The Kier molecular flexibility index (Phi) is 5.75. The molecule has 3 rings (SSSR count). The van der Waals surface area contributed by atoms with Gasteiger partial charge in [0.2, 0.25) is 5.91 Å². The molecular weight excluding hydrogens is 409 g/mol. The van der Waals surface area contributed by atoms with E-state index in [-0.39, 0.29) is 21.7 Å². The lowest BCUT2D eigenvalue weighted by atomic mass is 10.0. The number of rotatable bonds is 4. The molecule has 29 heavy (non-hydrogen) atoms. The zero-order valence-corrected chi connectivity index (χ0v) is 15.6. The molecule has 1 saturated heterocycles. The molecule has 0 saturated carbocycles. The van der Waals surface area contributed by atoms with Crippen molar-refractivity contribution in [1.29, 1.82) is 5.26 Å². The maximum Gasteiger partial charge on any atom is 0.268 e. The van der Waals surface area contributed by atoms with E-state index >= 15 is 0 Å². The quantitative estimate of drug-likeness (QED) is 0.820. The van der Waals surface area contributed by atoms with Crippen molar-refractivity contribution in [2.24, 2.45) is 0 Å². The summed E-state index contributed by atoms with van der Waals surface area (Å²) in [5, 5.41) is 11.5. The Bertz CT molecular complexity index is 1010. The number of nitrogens with zero attached hydrogens (tertiary/aromatic N) is 3. The highest BCUT2D eigenvalue weighted by atomic mass is 35.5. The molecule has 1 atom stereocenters. The van der Waals surface area contributed by atoms with Crippen LogP contribution in [0.4, 0.5) is 13.2 Å². The predicted octanol–water partition coefficient (Wildman–Crippen LogP) is 3.03. The summed E-state index contributed by atoms with van der Waals surface area (Å²) in [6, 6.07) is 5.57. The topological polar surface area (TPSA) is 86.1 Å². The molecule has 1 aromatic carbocycles. The molecule has 6 nitrogen and oxygen atoms in total. The molecule has 1 unspecified atom stereocenters. The van der Waals surface area contributed by atoms with Crippen molar-refractivity contribution in [3.8, 4) is 17.2 Å². The number of aromatic nitrogens is 1. The van der Waals surface area contributed by atoms with Crippen LogP contribution < -0.4 is 5.32 Å². The van der Waals surface area contributed by atoms with Gasteiger partial charge in [-0.2, -0.15) is 5.26 Å². The molecule has 1 N–H and O–H groups in total. The molecular formula is C19H14ClF3N4O2.